The molecule has 1 aromatic carbocycles. The number of carbonyl (C=O) groups excluding carboxylic acids is 1. The molecule has 0 radical (unpaired) electrons. The van der Waals surface area contributed by atoms with Gasteiger partial charge in [-0.05, 0) is 19.4 Å². The molecule has 0 fully saturated rings. The van der Waals surface area contributed by atoms with Crippen molar-refractivity contribution < 1.29 is 15.0 Å². The Hall–Kier alpha value is -1.19. The molecule has 1 rings (SSSR count). The normalized spacial score (nSPS) is 16.8. The van der Waals surface area contributed by atoms with Gasteiger partial charge in [-0.15, -0.1) is 0 Å². The zero-order valence-corrected chi connectivity index (χ0v) is 8.97. The van der Waals surface area contributed by atoms with E-state index in [-0.39, 0.29) is 6.42 Å². The topological polar surface area (TPSA) is 57.5 Å². The van der Waals surface area contributed by atoms with Crippen molar-refractivity contribution >= 4 is 5.78 Å². The van der Waals surface area contributed by atoms with Crippen molar-refractivity contribution in [2.75, 3.05) is 0 Å². The second-order valence-corrected chi connectivity index (χ2v) is 3.91. The predicted octanol–water partition coefficient (Wildman–Crippen LogP) is 0.930. The highest BCUT2D eigenvalue weighted by Gasteiger charge is 2.35. The number of rotatable bonds is 4. The van der Waals surface area contributed by atoms with E-state index in [9.17, 15) is 15.0 Å². The Bertz CT molecular complexity index is 330. The summed E-state index contributed by atoms with van der Waals surface area (Å²) in [4.78, 5) is 11.1. The number of ketones is 1. The van der Waals surface area contributed by atoms with E-state index in [1.807, 2.05) is 30.3 Å². The Morgan fingerprint density at radius 2 is 1.93 bits per heavy atom. The number of hydrogen-bond acceptors (Lipinski definition) is 3. The van der Waals surface area contributed by atoms with Crippen LogP contribution < -0.4 is 0 Å². The minimum absolute atomic E-state index is 0.271. The first kappa shape index (κ1) is 11.9. The third-order valence-corrected chi connectivity index (χ3v) is 2.63. The molecule has 2 N–H and O–H groups in total. The number of benzene rings is 1. The van der Waals surface area contributed by atoms with Gasteiger partial charge in [-0.3, -0.25) is 4.79 Å². The molecule has 1 aromatic rings. The van der Waals surface area contributed by atoms with Crippen molar-refractivity contribution in [3.63, 3.8) is 0 Å². The molecule has 3 nitrogen and oxygen atoms in total. The number of Topliss-reactive ketones (excluding diaryl/α,β-unsaturated/α-hetero) is 1. The standard InChI is InChI=1S/C12H16O3/c1-9(13)12(2,15)11(14)8-10-6-4-3-5-7-10/h3-7,11,14-15H,8H2,1-2H3/t11-,12+/m1/s1. The van der Waals surface area contributed by atoms with Crippen LogP contribution in [0, 0.1) is 0 Å². The van der Waals surface area contributed by atoms with Crippen molar-refractivity contribution in [2.45, 2.75) is 32.0 Å². The van der Waals surface area contributed by atoms with Gasteiger partial charge in [0.1, 0.15) is 5.60 Å². The van der Waals surface area contributed by atoms with Crippen LogP contribution in [0.5, 0.6) is 0 Å². The van der Waals surface area contributed by atoms with Crippen LogP contribution in [0.25, 0.3) is 0 Å². The SMILES string of the molecule is CC(=O)[C@](C)(O)[C@H](O)Cc1ccccc1. The molecule has 0 unspecified atom stereocenters. The fourth-order valence-corrected chi connectivity index (χ4v) is 1.27. The Kier molecular flexibility index (Phi) is 3.61. The maximum atomic E-state index is 11.1. The van der Waals surface area contributed by atoms with Crippen molar-refractivity contribution in [1.82, 2.24) is 0 Å². The number of carbonyl (C=O) groups is 1. The molecule has 15 heavy (non-hydrogen) atoms. The van der Waals surface area contributed by atoms with Gasteiger partial charge >= 0.3 is 0 Å². The zero-order valence-electron chi connectivity index (χ0n) is 8.97. The molecule has 0 bridgehead atoms. The van der Waals surface area contributed by atoms with Crippen LogP contribution >= 0.6 is 0 Å². The Morgan fingerprint density at radius 3 is 2.40 bits per heavy atom. The summed E-state index contributed by atoms with van der Waals surface area (Å²) in [6, 6.07) is 9.27. The molecule has 0 saturated heterocycles. The van der Waals surface area contributed by atoms with Crippen LogP contribution in [-0.4, -0.2) is 27.7 Å². The fraction of sp³-hybridized carbons (Fsp3) is 0.417. The lowest BCUT2D eigenvalue weighted by molar-refractivity contribution is -0.144. The van der Waals surface area contributed by atoms with Crippen LogP contribution in [0.1, 0.15) is 19.4 Å². The van der Waals surface area contributed by atoms with Crippen LogP contribution in [0.4, 0.5) is 0 Å². The first-order valence-electron chi connectivity index (χ1n) is 4.90. The van der Waals surface area contributed by atoms with E-state index < -0.39 is 17.5 Å². The van der Waals surface area contributed by atoms with Gasteiger partial charge in [-0.25, -0.2) is 0 Å². The number of aliphatic hydroxyl groups is 2. The molecule has 0 aliphatic rings. The average Bonchev–Trinajstić information content (AvgIpc) is 2.18. The molecule has 3 heteroatoms. The molecule has 0 aromatic heterocycles. The molecule has 0 aliphatic heterocycles. The first-order chi connectivity index (χ1) is 6.94. The van der Waals surface area contributed by atoms with E-state index >= 15 is 0 Å². The van der Waals surface area contributed by atoms with Gasteiger partial charge in [-0.1, -0.05) is 30.3 Å². The molecule has 82 valence electrons. The summed E-state index contributed by atoms with van der Waals surface area (Å²) in [5.74, 6) is -0.425. The third-order valence-electron chi connectivity index (χ3n) is 2.63. The van der Waals surface area contributed by atoms with Crippen LogP contribution in [0.15, 0.2) is 30.3 Å². The van der Waals surface area contributed by atoms with E-state index in [2.05, 4.69) is 0 Å². The Morgan fingerprint density at radius 1 is 1.40 bits per heavy atom. The van der Waals surface area contributed by atoms with E-state index in [0.717, 1.165) is 5.56 Å². The van der Waals surface area contributed by atoms with Crippen molar-refractivity contribution in [3.8, 4) is 0 Å². The quantitative estimate of drug-likeness (QED) is 0.774. The lowest BCUT2D eigenvalue weighted by Crippen LogP contribution is -2.46. The second-order valence-electron chi connectivity index (χ2n) is 3.91. The van der Waals surface area contributed by atoms with Gasteiger partial charge in [0.05, 0.1) is 6.10 Å². The molecule has 0 spiro atoms. The van der Waals surface area contributed by atoms with E-state index in [0.29, 0.717) is 0 Å². The van der Waals surface area contributed by atoms with Gasteiger partial charge in [-0.2, -0.15) is 0 Å². The highest BCUT2D eigenvalue weighted by Crippen LogP contribution is 2.15. The summed E-state index contributed by atoms with van der Waals surface area (Å²) in [6.45, 7) is 2.61. The summed E-state index contributed by atoms with van der Waals surface area (Å²) in [5.41, 5.74) is -0.776. The molecule has 0 saturated carbocycles. The maximum absolute atomic E-state index is 11.1. The zero-order chi connectivity index (χ0) is 11.5. The second kappa shape index (κ2) is 4.55. The van der Waals surface area contributed by atoms with Gasteiger partial charge in [0.15, 0.2) is 5.78 Å². The van der Waals surface area contributed by atoms with Gasteiger partial charge < -0.3 is 10.2 Å². The average molecular weight is 208 g/mol. The van der Waals surface area contributed by atoms with Crippen molar-refractivity contribution in [3.05, 3.63) is 35.9 Å². The Labute approximate surface area is 89.4 Å². The van der Waals surface area contributed by atoms with Crippen LogP contribution in [0.2, 0.25) is 0 Å². The predicted molar refractivity (Wildman–Crippen MR) is 57.5 cm³/mol. The van der Waals surface area contributed by atoms with Gasteiger partial charge in [0.2, 0.25) is 0 Å². The maximum Gasteiger partial charge on any atom is 0.163 e. The molecular weight excluding hydrogens is 192 g/mol. The highest BCUT2D eigenvalue weighted by atomic mass is 16.3. The minimum atomic E-state index is -1.67. The van der Waals surface area contributed by atoms with E-state index in [1.165, 1.54) is 13.8 Å². The molecule has 0 heterocycles. The van der Waals surface area contributed by atoms with Gasteiger partial charge in [0.25, 0.3) is 0 Å². The summed E-state index contributed by atoms with van der Waals surface area (Å²) < 4.78 is 0. The third kappa shape index (κ3) is 2.88. The lowest BCUT2D eigenvalue weighted by Gasteiger charge is -2.26. The highest BCUT2D eigenvalue weighted by molar-refractivity contribution is 5.84. The van der Waals surface area contributed by atoms with Crippen LogP contribution in [-0.2, 0) is 11.2 Å². The monoisotopic (exact) mass is 208 g/mol. The van der Waals surface area contributed by atoms with Crippen molar-refractivity contribution in [1.29, 1.82) is 0 Å². The lowest BCUT2D eigenvalue weighted by atomic mass is 9.90. The summed E-state index contributed by atoms with van der Waals surface area (Å²) >= 11 is 0. The summed E-state index contributed by atoms with van der Waals surface area (Å²) in [6.07, 6.45) is -0.801. The van der Waals surface area contributed by atoms with Gasteiger partial charge in [0, 0.05) is 6.42 Å². The molecular formula is C12H16O3. The van der Waals surface area contributed by atoms with E-state index in [1.54, 1.807) is 0 Å². The smallest absolute Gasteiger partial charge is 0.163 e. The van der Waals surface area contributed by atoms with Crippen LogP contribution in [0.3, 0.4) is 0 Å². The fourth-order valence-electron chi connectivity index (χ4n) is 1.27. The van der Waals surface area contributed by atoms with Crippen molar-refractivity contribution in [2.24, 2.45) is 0 Å². The number of hydrogen-bond donors (Lipinski definition) is 2. The number of aliphatic hydroxyl groups excluding tert-OH is 1. The summed E-state index contributed by atoms with van der Waals surface area (Å²) in [7, 11) is 0. The molecule has 2 atom stereocenters. The Balaban J connectivity index is 2.72. The largest absolute Gasteiger partial charge is 0.389 e. The first-order valence-corrected chi connectivity index (χ1v) is 4.90. The van der Waals surface area contributed by atoms with E-state index in [4.69, 9.17) is 0 Å². The molecule has 0 amide bonds. The minimum Gasteiger partial charge on any atom is -0.389 e. The summed E-state index contributed by atoms with van der Waals surface area (Å²) in [5, 5.41) is 19.5. The molecule has 0 aliphatic carbocycles.